The molecule has 1 aromatic heterocycles. The first-order valence-corrected chi connectivity index (χ1v) is 7.72. The molecule has 0 radical (unpaired) electrons. The molecule has 2 heterocycles. The molecule has 2 aromatic rings. The molecule has 0 aliphatic carbocycles. The number of fused-ring (bicyclic) bond motifs is 1. The number of hydrogen-bond donors (Lipinski definition) is 1. The fraction of sp³-hybridized carbons (Fsp3) is 0.471. The van der Waals surface area contributed by atoms with Gasteiger partial charge in [-0.05, 0) is 44.6 Å². The normalized spacial score (nSPS) is 19.3. The molecule has 0 bridgehead atoms. The lowest BCUT2D eigenvalue weighted by Gasteiger charge is -2.30. The van der Waals surface area contributed by atoms with E-state index in [4.69, 9.17) is 4.74 Å². The summed E-state index contributed by atoms with van der Waals surface area (Å²) in [7, 11) is 5.67. The van der Waals surface area contributed by atoms with Crippen LogP contribution in [-0.2, 0) is 7.05 Å². The number of likely N-dealkylation sites (N-methyl/N-ethyl adjacent to an activating group) is 1. The molecule has 5 nitrogen and oxygen atoms in total. The molecular weight excluding hydrogens is 278 g/mol. The minimum Gasteiger partial charge on any atom is -0.496 e. The Hall–Kier alpha value is -2.01. The molecule has 1 atom stereocenters. The molecule has 1 aliphatic rings. The van der Waals surface area contributed by atoms with E-state index in [1.165, 1.54) is 0 Å². The molecule has 0 spiro atoms. The van der Waals surface area contributed by atoms with Crippen molar-refractivity contribution in [3.05, 3.63) is 30.0 Å². The maximum absolute atomic E-state index is 12.6. The van der Waals surface area contributed by atoms with E-state index in [2.05, 4.69) is 17.3 Å². The van der Waals surface area contributed by atoms with Crippen molar-refractivity contribution in [1.82, 2.24) is 14.8 Å². The Balaban J connectivity index is 1.86. The smallest absolute Gasteiger partial charge is 0.268 e. The van der Waals surface area contributed by atoms with Crippen molar-refractivity contribution in [2.24, 2.45) is 7.05 Å². The van der Waals surface area contributed by atoms with Crippen molar-refractivity contribution in [3.63, 3.8) is 0 Å². The van der Waals surface area contributed by atoms with Crippen LogP contribution in [0, 0.1) is 0 Å². The summed E-state index contributed by atoms with van der Waals surface area (Å²) in [6, 6.07) is 8.00. The Morgan fingerprint density at radius 3 is 2.91 bits per heavy atom. The summed E-state index contributed by atoms with van der Waals surface area (Å²) in [6.45, 7) is 2.02. The van der Waals surface area contributed by atoms with Crippen LogP contribution in [0.2, 0.25) is 0 Å². The van der Waals surface area contributed by atoms with Gasteiger partial charge < -0.3 is 19.5 Å². The van der Waals surface area contributed by atoms with E-state index in [1.807, 2.05) is 35.9 Å². The zero-order valence-corrected chi connectivity index (χ0v) is 13.4. The summed E-state index contributed by atoms with van der Waals surface area (Å²) < 4.78 is 7.32. The molecule has 1 aromatic carbocycles. The summed E-state index contributed by atoms with van der Waals surface area (Å²) in [5.41, 5.74) is 1.68. The minimum absolute atomic E-state index is 0.0129. The molecule has 1 saturated heterocycles. The third-order valence-corrected chi connectivity index (χ3v) is 4.46. The van der Waals surface area contributed by atoms with E-state index in [1.54, 1.807) is 7.11 Å². The van der Waals surface area contributed by atoms with Gasteiger partial charge in [0.25, 0.3) is 5.91 Å². The topological polar surface area (TPSA) is 46.5 Å². The lowest BCUT2D eigenvalue weighted by atomic mass is 10.1. The van der Waals surface area contributed by atoms with Gasteiger partial charge in [-0.15, -0.1) is 0 Å². The molecule has 1 unspecified atom stereocenters. The fourth-order valence-electron chi connectivity index (χ4n) is 3.27. The predicted molar refractivity (Wildman–Crippen MR) is 87.5 cm³/mol. The molecule has 22 heavy (non-hydrogen) atoms. The first-order chi connectivity index (χ1) is 10.6. The average molecular weight is 301 g/mol. The maximum Gasteiger partial charge on any atom is 0.268 e. The third-order valence-electron chi connectivity index (χ3n) is 4.46. The van der Waals surface area contributed by atoms with Gasteiger partial charge in [0.1, 0.15) is 11.4 Å². The number of carbonyl (C=O) groups is 1. The Morgan fingerprint density at radius 2 is 2.18 bits per heavy atom. The molecule has 1 aliphatic heterocycles. The van der Waals surface area contributed by atoms with Crippen LogP contribution in [0.25, 0.3) is 10.9 Å². The van der Waals surface area contributed by atoms with Crippen molar-refractivity contribution >= 4 is 16.8 Å². The van der Waals surface area contributed by atoms with Gasteiger partial charge in [-0.1, -0.05) is 6.07 Å². The van der Waals surface area contributed by atoms with Crippen LogP contribution in [0.4, 0.5) is 0 Å². The zero-order valence-electron chi connectivity index (χ0n) is 13.4. The van der Waals surface area contributed by atoms with Crippen molar-refractivity contribution in [2.75, 3.05) is 27.2 Å². The number of methoxy groups -OCH3 is 1. The van der Waals surface area contributed by atoms with Crippen molar-refractivity contribution in [1.29, 1.82) is 0 Å². The Labute approximate surface area is 130 Å². The van der Waals surface area contributed by atoms with E-state index in [0.717, 1.165) is 42.6 Å². The molecular formula is C17H23N3O2. The number of likely N-dealkylation sites (tertiary alicyclic amines) is 1. The number of ether oxygens (including phenoxy) is 1. The number of piperidine rings is 1. The van der Waals surface area contributed by atoms with Gasteiger partial charge in [0.2, 0.25) is 0 Å². The van der Waals surface area contributed by atoms with Crippen LogP contribution in [0.5, 0.6) is 5.75 Å². The van der Waals surface area contributed by atoms with E-state index in [0.29, 0.717) is 5.69 Å². The van der Waals surface area contributed by atoms with Gasteiger partial charge in [-0.3, -0.25) is 4.79 Å². The number of aromatic nitrogens is 1. The number of aryl methyl sites for hydroxylation is 1. The quantitative estimate of drug-likeness (QED) is 0.943. The van der Waals surface area contributed by atoms with Crippen LogP contribution in [-0.4, -0.2) is 48.7 Å². The van der Waals surface area contributed by atoms with Crippen LogP contribution in [0.15, 0.2) is 24.3 Å². The highest BCUT2D eigenvalue weighted by molar-refractivity contribution is 6.00. The average Bonchev–Trinajstić information content (AvgIpc) is 2.85. The molecule has 1 amide bonds. The number of nitrogens with zero attached hydrogens (tertiary/aromatic N) is 2. The molecule has 0 saturated carbocycles. The van der Waals surface area contributed by atoms with Crippen LogP contribution in [0.3, 0.4) is 0 Å². The van der Waals surface area contributed by atoms with Gasteiger partial charge in [0.05, 0.1) is 12.6 Å². The SMILES string of the molecule is COc1cccc2c1cc(C(=O)NC1CCCN(C)C1)n2C. The molecule has 118 valence electrons. The van der Waals surface area contributed by atoms with Crippen LogP contribution < -0.4 is 10.1 Å². The van der Waals surface area contributed by atoms with Gasteiger partial charge in [0.15, 0.2) is 0 Å². The van der Waals surface area contributed by atoms with E-state index in [-0.39, 0.29) is 11.9 Å². The molecule has 5 heteroatoms. The van der Waals surface area contributed by atoms with Crippen LogP contribution >= 0.6 is 0 Å². The Bertz CT molecular complexity index is 693. The fourth-order valence-corrected chi connectivity index (χ4v) is 3.27. The number of benzene rings is 1. The minimum atomic E-state index is -0.0129. The largest absolute Gasteiger partial charge is 0.496 e. The number of rotatable bonds is 3. The maximum atomic E-state index is 12.6. The first kappa shape index (κ1) is 14.9. The van der Waals surface area contributed by atoms with Gasteiger partial charge in [-0.2, -0.15) is 0 Å². The Morgan fingerprint density at radius 1 is 1.36 bits per heavy atom. The number of nitrogens with one attached hydrogen (secondary N) is 1. The lowest BCUT2D eigenvalue weighted by Crippen LogP contribution is -2.46. The number of amides is 1. The summed E-state index contributed by atoms with van der Waals surface area (Å²) in [4.78, 5) is 14.9. The summed E-state index contributed by atoms with van der Waals surface area (Å²) in [5, 5.41) is 4.13. The standard InChI is InChI=1S/C17H23N3O2/c1-19-9-5-6-12(11-19)18-17(21)15-10-13-14(20(15)2)7-4-8-16(13)22-3/h4,7-8,10,12H,5-6,9,11H2,1-3H3,(H,18,21). The second kappa shape index (κ2) is 6.01. The van der Waals surface area contributed by atoms with Gasteiger partial charge >= 0.3 is 0 Å². The van der Waals surface area contributed by atoms with Crippen molar-refractivity contribution in [2.45, 2.75) is 18.9 Å². The zero-order chi connectivity index (χ0) is 15.7. The number of hydrogen-bond acceptors (Lipinski definition) is 3. The summed E-state index contributed by atoms with van der Waals surface area (Å²) >= 11 is 0. The molecule has 1 fully saturated rings. The third kappa shape index (κ3) is 2.68. The second-order valence-corrected chi connectivity index (χ2v) is 6.06. The van der Waals surface area contributed by atoms with E-state index >= 15 is 0 Å². The highest BCUT2D eigenvalue weighted by Gasteiger charge is 2.22. The monoisotopic (exact) mass is 301 g/mol. The van der Waals surface area contributed by atoms with E-state index in [9.17, 15) is 4.79 Å². The van der Waals surface area contributed by atoms with Gasteiger partial charge in [0, 0.05) is 25.0 Å². The summed E-state index contributed by atoms with van der Waals surface area (Å²) in [5.74, 6) is 0.783. The molecule has 3 rings (SSSR count). The summed E-state index contributed by atoms with van der Waals surface area (Å²) in [6.07, 6.45) is 2.17. The lowest BCUT2D eigenvalue weighted by molar-refractivity contribution is 0.0904. The second-order valence-electron chi connectivity index (χ2n) is 6.06. The predicted octanol–water partition coefficient (Wildman–Crippen LogP) is 2.01. The highest BCUT2D eigenvalue weighted by Crippen LogP contribution is 2.28. The number of carbonyl (C=O) groups excluding carboxylic acids is 1. The first-order valence-electron chi connectivity index (χ1n) is 7.72. The Kier molecular flexibility index (Phi) is 4.07. The van der Waals surface area contributed by atoms with Crippen LogP contribution in [0.1, 0.15) is 23.3 Å². The van der Waals surface area contributed by atoms with Crippen molar-refractivity contribution < 1.29 is 9.53 Å². The molecule has 1 N–H and O–H groups in total. The highest BCUT2D eigenvalue weighted by atomic mass is 16.5. The van der Waals surface area contributed by atoms with Gasteiger partial charge in [-0.25, -0.2) is 0 Å². The van der Waals surface area contributed by atoms with Crippen molar-refractivity contribution in [3.8, 4) is 5.75 Å². The van der Waals surface area contributed by atoms with E-state index < -0.39 is 0 Å².